The standard InChI is InChI=1S/C22H27F3N4O/c23-22(24,25)19-6-7-21(26-14-19)29-10-8-27(9-11-29)16-20-17-28(12-13-30-20)15-18-4-2-1-3-5-18/h1-7,14,20H,8-13,15-17H2/p+3/t20-/m1/s1. The average molecular weight is 424 g/mol. The van der Waals surface area contributed by atoms with Crippen LogP contribution in [-0.4, -0.2) is 58.5 Å². The van der Waals surface area contributed by atoms with E-state index in [0.29, 0.717) is 0 Å². The minimum atomic E-state index is -4.31. The Hall–Kier alpha value is -2.16. The number of hydrogen-bond donors (Lipinski definition) is 2. The van der Waals surface area contributed by atoms with Crippen LogP contribution in [0, 0.1) is 0 Å². The fraction of sp³-hybridized carbons (Fsp3) is 0.500. The van der Waals surface area contributed by atoms with Gasteiger partial charge >= 0.3 is 6.18 Å². The van der Waals surface area contributed by atoms with Crippen LogP contribution < -0.4 is 19.7 Å². The second-order valence-corrected chi connectivity index (χ2v) is 8.26. The molecule has 0 spiro atoms. The van der Waals surface area contributed by atoms with Crippen LogP contribution in [0.1, 0.15) is 11.1 Å². The van der Waals surface area contributed by atoms with Gasteiger partial charge in [-0.05, 0) is 6.07 Å². The first-order valence-corrected chi connectivity index (χ1v) is 10.6. The number of ether oxygens (including phenoxy) is 1. The molecule has 1 unspecified atom stereocenters. The smallest absolute Gasteiger partial charge is 0.361 e. The minimum absolute atomic E-state index is 0.261. The molecule has 0 radical (unpaired) electrons. The normalized spacial score (nSPS) is 23.5. The number of hydrogen-bond acceptors (Lipinski definition) is 2. The summed E-state index contributed by atoms with van der Waals surface area (Å²) in [6.07, 6.45) is -3.00. The Morgan fingerprint density at radius 1 is 1.00 bits per heavy atom. The molecule has 30 heavy (non-hydrogen) atoms. The highest BCUT2D eigenvalue weighted by Crippen LogP contribution is 2.28. The van der Waals surface area contributed by atoms with Gasteiger partial charge in [0.2, 0.25) is 0 Å². The highest BCUT2D eigenvalue weighted by molar-refractivity contribution is 5.34. The molecule has 2 atom stereocenters. The van der Waals surface area contributed by atoms with Crippen LogP contribution in [-0.2, 0) is 17.5 Å². The van der Waals surface area contributed by atoms with Crippen LogP contribution in [0.15, 0.2) is 48.7 Å². The fourth-order valence-electron chi connectivity index (χ4n) is 4.41. The zero-order chi connectivity index (χ0) is 21.0. The number of nitrogens with zero attached hydrogens (tertiary/aromatic N) is 1. The van der Waals surface area contributed by atoms with E-state index < -0.39 is 11.7 Å². The number of benzene rings is 1. The van der Waals surface area contributed by atoms with Crippen LogP contribution >= 0.6 is 0 Å². The van der Waals surface area contributed by atoms with Gasteiger partial charge in [-0.1, -0.05) is 30.3 Å². The van der Waals surface area contributed by atoms with Crippen molar-refractivity contribution in [2.24, 2.45) is 0 Å². The molecule has 0 saturated carbocycles. The number of pyridine rings is 1. The van der Waals surface area contributed by atoms with Crippen molar-refractivity contribution >= 4 is 5.82 Å². The molecule has 2 aromatic rings. The molecule has 8 heteroatoms. The number of rotatable bonds is 5. The first kappa shape index (κ1) is 21.1. The third kappa shape index (κ3) is 5.50. The summed E-state index contributed by atoms with van der Waals surface area (Å²) in [6, 6.07) is 13.3. The van der Waals surface area contributed by atoms with E-state index in [-0.39, 0.29) is 6.10 Å². The summed E-state index contributed by atoms with van der Waals surface area (Å²) < 4.78 is 44.2. The predicted molar refractivity (Wildman–Crippen MR) is 106 cm³/mol. The molecule has 162 valence electrons. The number of alkyl halides is 3. The SMILES string of the molecule is FC(F)(F)c1ccc(N2CC[NH+](C[C@@H]3C[NH+](Cc4ccccc4)CCO3)CC2)[nH+]c1. The number of quaternary nitrogens is 2. The summed E-state index contributed by atoms with van der Waals surface area (Å²) in [5, 5.41) is 0. The Morgan fingerprint density at radius 2 is 1.77 bits per heavy atom. The molecule has 4 rings (SSSR count). The number of anilines is 1. The third-order valence-corrected chi connectivity index (χ3v) is 6.07. The van der Waals surface area contributed by atoms with Crippen molar-refractivity contribution in [3.8, 4) is 0 Å². The highest BCUT2D eigenvalue weighted by atomic mass is 19.4. The molecule has 1 aromatic carbocycles. The Bertz CT molecular complexity index is 792. The highest BCUT2D eigenvalue weighted by Gasteiger charge is 2.34. The Morgan fingerprint density at radius 3 is 2.43 bits per heavy atom. The molecule has 2 aliphatic heterocycles. The predicted octanol–water partition coefficient (Wildman–Crippen LogP) is -0.292. The summed E-state index contributed by atoms with van der Waals surface area (Å²) in [7, 11) is 0. The van der Waals surface area contributed by atoms with Crippen LogP contribution in [0.5, 0.6) is 0 Å². The maximum absolute atomic E-state index is 12.7. The van der Waals surface area contributed by atoms with Gasteiger partial charge in [-0.15, -0.1) is 0 Å². The number of H-pyrrole nitrogens is 1. The van der Waals surface area contributed by atoms with E-state index in [0.717, 1.165) is 77.0 Å². The number of halogens is 3. The van der Waals surface area contributed by atoms with Gasteiger partial charge in [0.25, 0.3) is 5.82 Å². The van der Waals surface area contributed by atoms with Crippen molar-refractivity contribution in [3.05, 3.63) is 59.8 Å². The van der Waals surface area contributed by atoms with E-state index in [1.807, 2.05) is 6.07 Å². The van der Waals surface area contributed by atoms with E-state index in [2.05, 4.69) is 34.1 Å². The summed E-state index contributed by atoms with van der Waals surface area (Å²) in [5.74, 6) is 0.745. The number of morpholine rings is 1. The van der Waals surface area contributed by atoms with Crippen molar-refractivity contribution in [3.63, 3.8) is 0 Å². The van der Waals surface area contributed by atoms with Crippen LogP contribution in [0.2, 0.25) is 0 Å². The first-order valence-electron chi connectivity index (χ1n) is 10.6. The van der Waals surface area contributed by atoms with Gasteiger partial charge in [-0.25, -0.2) is 4.98 Å². The van der Waals surface area contributed by atoms with Crippen molar-refractivity contribution in [2.75, 3.05) is 57.3 Å². The lowest BCUT2D eigenvalue weighted by molar-refractivity contribution is -0.941. The fourth-order valence-corrected chi connectivity index (χ4v) is 4.41. The Balaban J connectivity index is 1.24. The molecule has 2 fully saturated rings. The van der Waals surface area contributed by atoms with E-state index in [1.165, 1.54) is 16.5 Å². The maximum atomic E-state index is 12.7. The van der Waals surface area contributed by atoms with Gasteiger partial charge in [-0.2, -0.15) is 13.2 Å². The van der Waals surface area contributed by atoms with Gasteiger partial charge in [0.15, 0.2) is 6.10 Å². The molecule has 0 amide bonds. The monoisotopic (exact) mass is 423 g/mol. The number of aromatic amines is 1. The molecular weight excluding hydrogens is 393 g/mol. The largest absolute Gasteiger partial charge is 0.419 e. The summed E-state index contributed by atoms with van der Waals surface area (Å²) in [4.78, 5) is 8.00. The van der Waals surface area contributed by atoms with Crippen LogP contribution in [0.4, 0.5) is 19.0 Å². The van der Waals surface area contributed by atoms with Crippen molar-refractivity contribution in [1.82, 2.24) is 0 Å². The zero-order valence-corrected chi connectivity index (χ0v) is 17.0. The molecule has 0 bridgehead atoms. The molecule has 3 N–H and O–H groups in total. The number of aromatic nitrogens is 1. The van der Waals surface area contributed by atoms with Gasteiger partial charge < -0.3 is 14.5 Å². The number of piperazine rings is 1. The molecule has 5 nitrogen and oxygen atoms in total. The van der Waals surface area contributed by atoms with E-state index >= 15 is 0 Å². The van der Waals surface area contributed by atoms with E-state index in [9.17, 15) is 13.2 Å². The maximum Gasteiger partial charge on any atom is 0.419 e. The topological polar surface area (TPSA) is 35.5 Å². The van der Waals surface area contributed by atoms with E-state index in [4.69, 9.17) is 4.74 Å². The van der Waals surface area contributed by atoms with Crippen molar-refractivity contribution in [2.45, 2.75) is 18.8 Å². The lowest BCUT2D eigenvalue weighted by Gasteiger charge is -2.34. The lowest BCUT2D eigenvalue weighted by Crippen LogP contribution is -3.19. The summed E-state index contributed by atoms with van der Waals surface area (Å²) >= 11 is 0. The quantitative estimate of drug-likeness (QED) is 0.694. The molecular formula is C22H30F3N4O+3. The van der Waals surface area contributed by atoms with Gasteiger partial charge in [0, 0.05) is 11.6 Å². The Kier molecular flexibility index (Phi) is 6.55. The molecule has 2 aliphatic rings. The summed E-state index contributed by atoms with van der Waals surface area (Å²) in [6.45, 7) is 8.46. The van der Waals surface area contributed by atoms with Crippen molar-refractivity contribution in [1.29, 1.82) is 0 Å². The van der Waals surface area contributed by atoms with E-state index in [1.54, 1.807) is 4.90 Å². The van der Waals surface area contributed by atoms with Crippen molar-refractivity contribution < 1.29 is 32.7 Å². The van der Waals surface area contributed by atoms with Gasteiger partial charge in [0.05, 0.1) is 12.2 Å². The third-order valence-electron chi connectivity index (χ3n) is 6.07. The minimum Gasteiger partial charge on any atom is -0.361 e. The summed E-state index contributed by atoms with van der Waals surface area (Å²) in [5.41, 5.74) is 0.717. The second kappa shape index (κ2) is 9.32. The lowest BCUT2D eigenvalue weighted by atomic mass is 10.1. The zero-order valence-electron chi connectivity index (χ0n) is 17.0. The molecule has 3 heterocycles. The molecule has 2 saturated heterocycles. The first-order chi connectivity index (χ1) is 14.5. The molecule has 1 aromatic heterocycles. The Labute approximate surface area is 175 Å². The molecule has 0 aliphatic carbocycles. The van der Waals surface area contributed by atoms with Crippen LogP contribution in [0.25, 0.3) is 0 Å². The average Bonchev–Trinajstić information content (AvgIpc) is 2.75. The van der Waals surface area contributed by atoms with Gasteiger partial charge in [-0.3, -0.25) is 4.90 Å². The van der Waals surface area contributed by atoms with Crippen LogP contribution in [0.3, 0.4) is 0 Å². The van der Waals surface area contributed by atoms with Gasteiger partial charge in [0.1, 0.15) is 58.6 Å². The number of nitrogens with one attached hydrogen (secondary N) is 3. The second-order valence-electron chi connectivity index (χ2n) is 8.26.